The zero-order valence-corrected chi connectivity index (χ0v) is 51.8. The van der Waals surface area contributed by atoms with E-state index < -0.39 is 91.8 Å². The monoisotopic (exact) mass is 1300 g/mol. The van der Waals surface area contributed by atoms with Crippen LogP contribution in [-0.4, -0.2) is 148 Å². The number of sulfonamides is 1. The molecule has 5 fully saturated rings. The Balaban J connectivity index is 0.837. The Morgan fingerprint density at radius 2 is 1.68 bits per heavy atom. The fraction of sp³-hybridized carbons (Fsp3) is 0.458. The molecule has 90 heavy (non-hydrogen) atoms. The molecule has 1 saturated carbocycles. The molecule has 2 amide bonds. The maximum atomic E-state index is 14.9. The number of hydrogen-bond acceptors (Lipinski definition) is 20. The van der Waals surface area contributed by atoms with E-state index in [1.54, 1.807) is 30.5 Å². The number of piperidine rings is 1. The lowest BCUT2D eigenvalue weighted by Crippen LogP contribution is -2.55. The van der Waals surface area contributed by atoms with Gasteiger partial charge in [0.15, 0.2) is 6.73 Å². The number of likely N-dealkylation sites (tertiary alicyclic amines) is 1. The summed E-state index contributed by atoms with van der Waals surface area (Å²) in [6, 6.07) is 24.0. The number of anilines is 5. The Hall–Kier alpha value is -7.11. The van der Waals surface area contributed by atoms with Crippen molar-refractivity contribution in [2.45, 2.75) is 101 Å². The third-order valence-corrected chi connectivity index (χ3v) is 20.4. The van der Waals surface area contributed by atoms with Gasteiger partial charge in [0.25, 0.3) is 21.6 Å². The van der Waals surface area contributed by atoms with E-state index in [-0.39, 0.29) is 58.7 Å². The highest BCUT2D eigenvalue weighted by molar-refractivity contribution is 7.90. The summed E-state index contributed by atoms with van der Waals surface area (Å²) < 4.78 is 88.7. The number of aryl methyl sites for hydroxylation is 1. The highest BCUT2D eigenvalue weighted by Crippen LogP contribution is 2.55. The van der Waals surface area contributed by atoms with E-state index in [0.29, 0.717) is 48.6 Å². The molecule has 8 heterocycles. The number of pyridine rings is 2. The van der Waals surface area contributed by atoms with E-state index in [2.05, 4.69) is 65.1 Å². The molecule has 12 rings (SSSR count). The van der Waals surface area contributed by atoms with Crippen molar-refractivity contribution in [2.24, 2.45) is 11.3 Å². The summed E-state index contributed by atoms with van der Waals surface area (Å²) in [5, 5.41) is 16.1. The standard InChI is InChI=1S/C59H70N10O18P2S/c1-38-6-2-3-8-45(38)48-9-5-20-66(48)43-31-59(32-43)17-22-64(23-18-59)42-10-12-46(56(70)63-90(80,81)44-11-13-47(50(30-44)69(72)73)61-33-39-15-25-82-26-16-39)49(29-42)68-51-28-40-14-21-65(55(40)62-57(51)87-53-36-83-35-52(53)68)37-84-58(71)67(24-27-85-88(74,75)76)54-41(7-4-19-60-54)34-86-89(77,78)79/h2-4,6-8,10-14,19,21,28-30,39,43,48,52-53,61H,5,9,15-18,20,22-27,31-37H2,1H3,(H,63,70)(H2,74,75,76)(H2,77,78,79)/t48-,52+,53+/m0/s1. The lowest BCUT2D eigenvalue weighted by atomic mass is 9.59. The number of aromatic nitrogens is 3. The van der Waals surface area contributed by atoms with Crippen LogP contribution in [0.25, 0.3) is 11.0 Å². The highest BCUT2D eigenvalue weighted by Gasteiger charge is 2.50. The van der Waals surface area contributed by atoms with Crippen LogP contribution in [0.2, 0.25) is 0 Å². The number of amides is 2. The van der Waals surface area contributed by atoms with Crippen LogP contribution >= 0.6 is 15.6 Å². The zero-order chi connectivity index (χ0) is 63.1. The Kier molecular flexibility index (Phi) is 18.1. The number of hydrogen-bond donors (Lipinski definition) is 6. The lowest BCUT2D eigenvalue weighted by Gasteiger charge is -2.56. The van der Waals surface area contributed by atoms with Gasteiger partial charge < -0.3 is 53.6 Å². The van der Waals surface area contributed by atoms with Gasteiger partial charge in [-0.3, -0.25) is 38.3 Å². The number of rotatable bonds is 21. The Bertz CT molecular complexity index is 3900. The van der Waals surface area contributed by atoms with Crippen molar-refractivity contribution < 1.29 is 79.6 Å². The van der Waals surface area contributed by atoms with E-state index in [1.165, 1.54) is 52.6 Å². The summed E-state index contributed by atoms with van der Waals surface area (Å²) in [4.78, 5) is 94.6. The molecule has 0 radical (unpaired) electrons. The molecule has 3 aromatic heterocycles. The fourth-order valence-electron chi connectivity index (χ4n) is 13.5. The second kappa shape index (κ2) is 25.9. The Morgan fingerprint density at radius 1 is 0.900 bits per heavy atom. The van der Waals surface area contributed by atoms with Gasteiger partial charge in [0.1, 0.15) is 28.9 Å². The minimum Gasteiger partial charge on any atom is -0.468 e. The molecule has 0 bridgehead atoms. The number of nitro benzene ring substituents is 1. The van der Waals surface area contributed by atoms with Crippen molar-refractivity contribution in [2.75, 3.05) is 85.8 Å². The molecule has 1 aliphatic carbocycles. The first-order valence-electron chi connectivity index (χ1n) is 29.8. The molecular formula is C59H70N10O18P2S. The normalized spacial score (nSPS) is 20.5. The van der Waals surface area contributed by atoms with Gasteiger partial charge >= 0.3 is 21.7 Å². The highest BCUT2D eigenvalue weighted by atomic mass is 32.2. The van der Waals surface area contributed by atoms with Gasteiger partial charge in [-0.05, 0) is 136 Å². The Labute approximate surface area is 518 Å². The number of carbonyl (C=O) groups is 2. The molecule has 28 nitrogen and oxygen atoms in total. The first kappa shape index (κ1) is 63.1. The van der Waals surface area contributed by atoms with Crippen LogP contribution in [0.15, 0.2) is 102 Å². The predicted octanol–water partition coefficient (Wildman–Crippen LogP) is 7.81. The zero-order valence-electron chi connectivity index (χ0n) is 49.2. The molecule has 1 spiro atoms. The average molecular weight is 1300 g/mol. The molecule has 31 heteroatoms. The number of phosphoric ester groups is 2. The number of nitro groups is 1. The van der Waals surface area contributed by atoms with Crippen LogP contribution in [0.1, 0.15) is 84.5 Å². The number of fused-ring (bicyclic) bond motifs is 3. The second-order valence-electron chi connectivity index (χ2n) is 23.7. The van der Waals surface area contributed by atoms with E-state index in [0.717, 1.165) is 81.2 Å². The van der Waals surface area contributed by atoms with Crippen molar-refractivity contribution in [3.8, 4) is 5.88 Å². The van der Waals surface area contributed by atoms with Gasteiger partial charge in [0.2, 0.25) is 5.88 Å². The number of nitrogens with one attached hydrogen (secondary N) is 2. The van der Waals surface area contributed by atoms with E-state index in [4.69, 9.17) is 23.9 Å². The minimum absolute atomic E-state index is 0.0137. The van der Waals surface area contributed by atoms with Crippen molar-refractivity contribution in [3.63, 3.8) is 0 Å². The lowest BCUT2D eigenvalue weighted by molar-refractivity contribution is -0.384. The molecule has 3 atom stereocenters. The summed E-state index contributed by atoms with van der Waals surface area (Å²) in [7, 11) is -14.8. The average Bonchev–Trinajstić information content (AvgIpc) is 1.46. The summed E-state index contributed by atoms with van der Waals surface area (Å²) in [6.45, 7) is 4.08. The van der Waals surface area contributed by atoms with Crippen LogP contribution in [0, 0.1) is 28.4 Å². The molecule has 6 aromatic rings. The first-order chi connectivity index (χ1) is 43.1. The molecule has 480 valence electrons. The second-order valence-corrected chi connectivity index (χ2v) is 27.9. The molecule has 6 N–H and O–H groups in total. The third-order valence-electron chi connectivity index (χ3n) is 18.1. The van der Waals surface area contributed by atoms with Gasteiger partial charge in [0, 0.05) is 80.0 Å². The molecule has 5 aliphatic heterocycles. The summed E-state index contributed by atoms with van der Waals surface area (Å²) in [5.41, 5.74) is 4.28. The number of benzene rings is 3. The van der Waals surface area contributed by atoms with Crippen molar-refractivity contribution in [1.29, 1.82) is 0 Å². The largest absolute Gasteiger partial charge is 0.469 e. The van der Waals surface area contributed by atoms with Gasteiger partial charge in [0.05, 0.1) is 60.1 Å². The number of ether oxygens (including phenoxy) is 4. The first-order valence-corrected chi connectivity index (χ1v) is 34.3. The van der Waals surface area contributed by atoms with Crippen molar-refractivity contribution >= 4 is 83.0 Å². The van der Waals surface area contributed by atoms with Crippen LogP contribution < -0.4 is 29.5 Å². The molecule has 4 saturated heterocycles. The van der Waals surface area contributed by atoms with Gasteiger partial charge in [-0.1, -0.05) is 30.3 Å². The van der Waals surface area contributed by atoms with Gasteiger partial charge in [-0.2, -0.15) is 4.98 Å². The third kappa shape index (κ3) is 13.7. The summed E-state index contributed by atoms with van der Waals surface area (Å²) in [5.74, 6) is -0.928. The topological polar surface area (TPSA) is 350 Å². The number of phosphoric acid groups is 2. The van der Waals surface area contributed by atoms with E-state index in [9.17, 15) is 56.8 Å². The van der Waals surface area contributed by atoms with Crippen LogP contribution in [0.4, 0.5) is 39.0 Å². The van der Waals surface area contributed by atoms with E-state index >= 15 is 0 Å². The summed E-state index contributed by atoms with van der Waals surface area (Å²) >= 11 is 0. The van der Waals surface area contributed by atoms with E-state index in [1.807, 2.05) is 11.0 Å². The predicted molar refractivity (Wildman–Crippen MR) is 327 cm³/mol. The van der Waals surface area contributed by atoms with Crippen molar-refractivity contribution in [1.82, 2.24) is 24.2 Å². The Morgan fingerprint density at radius 3 is 2.43 bits per heavy atom. The molecular weight excluding hydrogens is 1230 g/mol. The number of nitrogens with zero attached hydrogens (tertiary/aromatic N) is 8. The maximum absolute atomic E-state index is 14.9. The SMILES string of the molecule is Cc1ccccc1[C@@H]1CCCN1C1CC2(CCN(c3ccc(C(=O)NS(=O)(=O)c4ccc(NCC5CCOCC5)c([N+](=O)[O-])c4)c(N4c5cc6ccn(COC(=O)N(CCOP(=O)(O)O)c7ncccc7COP(=O)(O)O)c6nc5O[C@@H]5COC[C@H]54)c3)CC2)C1. The molecule has 3 aromatic carbocycles. The van der Waals surface area contributed by atoms with Gasteiger partial charge in [-0.15, -0.1) is 0 Å². The smallest absolute Gasteiger partial charge is 0.468 e. The molecule has 6 aliphatic rings. The fourth-order valence-corrected chi connectivity index (χ4v) is 15.1. The number of carbonyl (C=O) groups excluding carboxylic acids is 2. The quantitative estimate of drug-likeness (QED) is 0.0227. The maximum Gasteiger partial charge on any atom is 0.469 e. The molecule has 0 unspecified atom stereocenters. The minimum atomic E-state index is -5.01. The van der Waals surface area contributed by atoms with Crippen LogP contribution in [0.5, 0.6) is 5.88 Å². The van der Waals surface area contributed by atoms with Crippen LogP contribution in [0.3, 0.4) is 0 Å². The van der Waals surface area contributed by atoms with Crippen molar-refractivity contribution in [3.05, 3.63) is 130 Å². The van der Waals surface area contributed by atoms with Crippen LogP contribution in [-0.2, 0) is 55.7 Å². The summed E-state index contributed by atoms with van der Waals surface area (Å²) in [6.07, 6.45) is 9.06. The van der Waals surface area contributed by atoms with Gasteiger partial charge in [-0.25, -0.2) is 32.0 Å².